The maximum atomic E-state index is 13.1. The summed E-state index contributed by atoms with van der Waals surface area (Å²) in [6.45, 7) is 3.92. The number of carbonyl (C=O) groups excluding carboxylic acids is 2. The number of ether oxygens (including phenoxy) is 2. The number of hydrogen-bond donors (Lipinski definition) is 2. The molecule has 1 atom stereocenters. The van der Waals surface area contributed by atoms with Crippen LogP contribution in [0.5, 0.6) is 11.5 Å². The number of benzene rings is 2. The van der Waals surface area contributed by atoms with Crippen LogP contribution in [0.3, 0.4) is 0 Å². The molecule has 0 aliphatic rings. The molecule has 0 radical (unpaired) electrons. The smallest absolute Gasteiger partial charge is 0.268 e. The zero-order chi connectivity index (χ0) is 23.1. The van der Waals surface area contributed by atoms with Crippen LogP contribution in [0.1, 0.15) is 39.3 Å². The van der Waals surface area contributed by atoms with E-state index in [1.54, 1.807) is 24.3 Å². The van der Waals surface area contributed by atoms with Crippen molar-refractivity contribution in [1.29, 1.82) is 0 Å². The van der Waals surface area contributed by atoms with Gasteiger partial charge >= 0.3 is 0 Å². The number of aryl methyl sites for hydroxylation is 1. The van der Waals surface area contributed by atoms with E-state index in [1.165, 1.54) is 25.6 Å². The highest BCUT2D eigenvalue weighted by molar-refractivity contribution is 7.10. The molecule has 0 unspecified atom stereocenters. The largest absolute Gasteiger partial charge is 0.493 e. The molecule has 1 aromatic heterocycles. The van der Waals surface area contributed by atoms with Gasteiger partial charge in [-0.1, -0.05) is 35.9 Å². The van der Waals surface area contributed by atoms with Gasteiger partial charge in [-0.05, 0) is 55.1 Å². The van der Waals surface area contributed by atoms with Crippen molar-refractivity contribution in [3.8, 4) is 11.5 Å². The Kier molecular flexibility index (Phi) is 7.68. The summed E-state index contributed by atoms with van der Waals surface area (Å²) < 4.78 is 10.5. The van der Waals surface area contributed by atoms with Crippen LogP contribution in [0.4, 0.5) is 0 Å². The highest BCUT2D eigenvalue weighted by Crippen LogP contribution is 2.27. The van der Waals surface area contributed by atoms with E-state index >= 15 is 0 Å². The van der Waals surface area contributed by atoms with Crippen molar-refractivity contribution < 1.29 is 19.1 Å². The van der Waals surface area contributed by atoms with Gasteiger partial charge in [-0.2, -0.15) is 0 Å². The van der Waals surface area contributed by atoms with Crippen molar-refractivity contribution in [1.82, 2.24) is 10.6 Å². The molecule has 2 N–H and O–H groups in total. The van der Waals surface area contributed by atoms with E-state index < -0.39 is 5.91 Å². The number of thiophene rings is 1. The third kappa shape index (κ3) is 5.76. The predicted molar refractivity (Wildman–Crippen MR) is 127 cm³/mol. The molecule has 0 spiro atoms. The van der Waals surface area contributed by atoms with Gasteiger partial charge in [0.15, 0.2) is 11.5 Å². The standard InChI is InChI=1S/C25H26N2O4S/c1-16-7-9-18(10-8-16)17(2)26-25(29)21(15-20-6-5-13-32-20)27-24(28)19-11-12-22(30-3)23(14-19)31-4/h5-15,17H,1-4H3,(H,26,29)(H,27,28)/b21-15-/t17-/m1/s1. The monoisotopic (exact) mass is 450 g/mol. The number of hydrogen-bond acceptors (Lipinski definition) is 5. The Morgan fingerprint density at radius 1 is 1.00 bits per heavy atom. The Labute approximate surface area is 191 Å². The molecule has 0 aliphatic heterocycles. The van der Waals surface area contributed by atoms with Crippen LogP contribution < -0.4 is 20.1 Å². The van der Waals surface area contributed by atoms with Gasteiger partial charge in [0, 0.05) is 10.4 Å². The number of rotatable bonds is 8. The average molecular weight is 451 g/mol. The molecule has 0 aliphatic carbocycles. The van der Waals surface area contributed by atoms with Crippen molar-refractivity contribution >= 4 is 29.2 Å². The van der Waals surface area contributed by atoms with Crippen LogP contribution >= 0.6 is 11.3 Å². The maximum absolute atomic E-state index is 13.1. The second kappa shape index (κ2) is 10.6. The van der Waals surface area contributed by atoms with E-state index in [0.717, 1.165) is 16.0 Å². The highest BCUT2D eigenvalue weighted by atomic mass is 32.1. The van der Waals surface area contributed by atoms with Gasteiger partial charge in [0.1, 0.15) is 5.70 Å². The molecular weight excluding hydrogens is 424 g/mol. The first-order valence-corrected chi connectivity index (χ1v) is 10.9. The Morgan fingerprint density at radius 3 is 2.34 bits per heavy atom. The van der Waals surface area contributed by atoms with Crippen LogP contribution in [0.15, 0.2) is 65.7 Å². The fourth-order valence-corrected chi connectivity index (χ4v) is 3.72. The minimum absolute atomic E-state index is 0.159. The van der Waals surface area contributed by atoms with Crippen molar-refractivity contribution in [2.45, 2.75) is 19.9 Å². The molecular formula is C25H26N2O4S. The van der Waals surface area contributed by atoms with Gasteiger partial charge < -0.3 is 20.1 Å². The quantitative estimate of drug-likeness (QED) is 0.487. The van der Waals surface area contributed by atoms with E-state index in [9.17, 15) is 9.59 Å². The second-order valence-electron chi connectivity index (χ2n) is 7.20. The average Bonchev–Trinajstić information content (AvgIpc) is 3.31. The lowest BCUT2D eigenvalue weighted by Gasteiger charge is -2.17. The fraction of sp³-hybridized carbons (Fsp3) is 0.200. The van der Waals surface area contributed by atoms with Gasteiger partial charge in [0.05, 0.1) is 20.3 Å². The third-order valence-electron chi connectivity index (χ3n) is 4.89. The first-order chi connectivity index (χ1) is 15.4. The Bertz CT molecular complexity index is 1110. The molecule has 7 heteroatoms. The van der Waals surface area contributed by atoms with Crippen LogP contribution in [0.25, 0.3) is 6.08 Å². The van der Waals surface area contributed by atoms with Crippen molar-refractivity contribution in [3.05, 3.63) is 87.2 Å². The molecule has 6 nitrogen and oxygen atoms in total. The molecule has 0 bridgehead atoms. The summed E-state index contributed by atoms with van der Waals surface area (Å²) in [5.41, 5.74) is 2.63. The van der Waals surface area contributed by atoms with Crippen molar-refractivity contribution in [2.75, 3.05) is 14.2 Å². The van der Waals surface area contributed by atoms with E-state index in [4.69, 9.17) is 9.47 Å². The summed E-state index contributed by atoms with van der Waals surface area (Å²) in [5.74, 6) is 0.150. The third-order valence-corrected chi connectivity index (χ3v) is 5.71. The summed E-state index contributed by atoms with van der Waals surface area (Å²) in [5, 5.41) is 7.62. The Morgan fingerprint density at radius 2 is 1.72 bits per heavy atom. The summed E-state index contributed by atoms with van der Waals surface area (Å²) >= 11 is 1.48. The summed E-state index contributed by atoms with van der Waals surface area (Å²) in [4.78, 5) is 26.9. The topological polar surface area (TPSA) is 76.7 Å². The van der Waals surface area contributed by atoms with Gasteiger partial charge in [-0.25, -0.2) is 0 Å². The fourth-order valence-electron chi connectivity index (χ4n) is 3.06. The number of methoxy groups -OCH3 is 2. The minimum Gasteiger partial charge on any atom is -0.493 e. The van der Waals surface area contributed by atoms with Gasteiger partial charge in [-0.3, -0.25) is 9.59 Å². The van der Waals surface area contributed by atoms with Gasteiger partial charge in [-0.15, -0.1) is 11.3 Å². The van der Waals surface area contributed by atoms with Crippen LogP contribution in [0.2, 0.25) is 0 Å². The van der Waals surface area contributed by atoms with Gasteiger partial charge in [0.2, 0.25) is 0 Å². The molecule has 1 heterocycles. The second-order valence-corrected chi connectivity index (χ2v) is 8.18. The molecule has 166 valence electrons. The lowest BCUT2D eigenvalue weighted by atomic mass is 10.1. The van der Waals surface area contributed by atoms with E-state index in [1.807, 2.05) is 55.6 Å². The molecule has 0 fully saturated rings. The van der Waals surface area contributed by atoms with Crippen LogP contribution in [0, 0.1) is 6.92 Å². The highest BCUT2D eigenvalue weighted by Gasteiger charge is 2.18. The van der Waals surface area contributed by atoms with E-state index in [2.05, 4.69) is 10.6 Å². The molecule has 0 saturated heterocycles. The number of amides is 2. The van der Waals surface area contributed by atoms with Gasteiger partial charge in [0.25, 0.3) is 11.8 Å². The molecule has 0 saturated carbocycles. The Balaban J connectivity index is 1.82. The summed E-state index contributed by atoms with van der Waals surface area (Å²) in [7, 11) is 3.03. The predicted octanol–water partition coefficient (Wildman–Crippen LogP) is 4.72. The zero-order valence-electron chi connectivity index (χ0n) is 18.5. The zero-order valence-corrected chi connectivity index (χ0v) is 19.3. The number of nitrogens with one attached hydrogen (secondary N) is 2. The Hall–Kier alpha value is -3.58. The van der Waals surface area contributed by atoms with Crippen LogP contribution in [-0.2, 0) is 4.79 Å². The summed E-state index contributed by atoms with van der Waals surface area (Å²) in [6, 6.07) is 16.3. The van der Waals surface area contributed by atoms with Crippen LogP contribution in [-0.4, -0.2) is 26.0 Å². The minimum atomic E-state index is -0.424. The molecule has 2 aromatic carbocycles. The SMILES string of the molecule is COc1ccc(C(=O)N/C(=C\c2cccs2)C(=O)N[C@H](C)c2ccc(C)cc2)cc1OC. The molecule has 3 rings (SSSR count). The van der Waals surface area contributed by atoms with Crippen molar-refractivity contribution in [2.24, 2.45) is 0 Å². The first kappa shape index (κ1) is 23.1. The van der Waals surface area contributed by atoms with E-state index in [-0.39, 0.29) is 17.6 Å². The van der Waals surface area contributed by atoms with Crippen molar-refractivity contribution in [3.63, 3.8) is 0 Å². The lowest BCUT2D eigenvalue weighted by Crippen LogP contribution is -2.36. The maximum Gasteiger partial charge on any atom is 0.268 e. The normalized spacial score (nSPS) is 12.1. The first-order valence-electron chi connectivity index (χ1n) is 10.1. The number of carbonyl (C=O) groups is 2. The molecule has 3 aromatic rings. The van der Waals surface area contributed by atoms with E-state index in [0.29, 0.717) is 17.1 Å². The molecule has 2 amide bonds. The lowest BCUT2D eigenvalue weighted by molar-refractivity contribution is -0.118. The summed E-state index contributed by atoms with van der Waals surface area (Å²) in [6.07, 6.45) is 1.67. The molecule has 32 heavy (non-hydrogen) atoms.